The molecule has 0 heterocycles. The first-order valence-corrected chi connectivity index (χ1v) is 7.18. The molecule has 1 saturated carbocycles. The first kappa shape index (κ1) is 13.3. The monoisotopic (exact) mass is 262 g/mol. The molecule has 2 N–H and O–H groups in total. The van der Waals surface area contributed by atoms with Crippen LogP contribution in [0.4, 0.5) is 5.69 Å². The van der Waals surface area contributed by atoms with Crippen molar-refractivity contribution >= 4 is 23.0 Å². The Morgan fingerprint density at radius 1 is 1.11 bits per heavy atom. The Morgan fingerprint density at radius 2 is 1.83 bits per heavy atom. The van der Waals surface area contributed by atoms with Crippen molar-refractivity contribution in [2.24, 2.45) is 11.8 Å². The van der Waals surface area contributed by atoms with E-state index in [1.165, 1.54) is 19.3 Å². The summed E-state index contributed by atoms with van der Waals surface area (Å²) >= 11 is 5.36. The highest BCUT2D eigenvalue weighted by molar-refractivity contribution is 7.80. The standard InChI is InChI=1S/C15H22N2S/c1-11-8-9-14(10-12(11)2)17-15(18)16-13-6-4-3-5-7-13/h3-7,11-12,14H,8-10H2,1-2H3,(H2,16,17,18). The summed E-state index contributed by atoms with van der Waals surface area (Å²) in [6, 6.07) is 10.6. The summed E-state index contributed by atoms with van der Waals surface area (Å²) in [4.78, 5) is 0. The van der Waals surface area contributed by atoms with Crippen molar-refractivity contribution in [1.29, 1.82) is 0 Å². The van der Waals surface area contributed by atoms with Crippen molar-refractivity contribution in [2.75, 3.05) is 5.32 Å². The molecule has 1 aliphatic rings. The quantitative estimate of drug-likeness (QED) is 0.793. The molecule has 0 amide bonds. The fourth-order valence-corrected chi connectivity index (χ4v) is 2.84. The highest BCUT2D eigenvalue weighted by Gasteiger charge is 2.24. The van der Waals surface area contributed by atoms with Crippen LogP contribution in [-0.2, 0) is 0 Å². The number of hydrogen-bond donors (Lipinski definition) is 2. The summed E-state index contributed by atoms with van der Waals surface area (Å²) in [5.74, 6) is 1.63. The van der Waals surface area contributed by atoms with Crippen molar-refractivity contribution in [3.63, 3.8) is 0 Å². The lowest BCUT2D eigenvalue weighted by atomic mass is 9.79. The summed E-state index contributed by atoms with van der Waals surface area (Å²) < 4.78 is 0. The lowest BCUT2D eigenvalue weighted by Crippen LogP contribution is -2.41. The zero-order valence-electron chi connectivity index (χ0n) is 11.1. The molecule has 98 valence electrons. The third-order valence-electron chi connectivity index (χ3n) is 3.97. The predicted octanol–water partition coefficient (Wildman–Crippen LogP) is 3.80. The van der Waals surface area contributed by atoms with Crippen LogP contribution in [0.3, 0.4) is 0 Å². The third kappa shape index (κ3) is 3.70. The molecule has 0 radical (unpaired) electrons. The summed E-state index contributed by atoms with van der Waals surface area (Å²) in [6.45, 7) is 4.69. The summed E-state index contributed by atoms with van der Waals surface area (Å²) in [7, 11) is 0. The molecular formula is C15H22N2S. The molecule has 0 aliphatic heterocycles. The highest BCUT2D eigenvalue weighted by atomic mass is 32.1. The molecule has 1 aromatic rings. The lowest BCUT2D eigenvalue weighted by Gasteiger charge is -2.33. The van der Waals surface area contributed by atoms with Gasteiger partial charge in [-0.3, -0.25) is 0 Å². The van der Waals surface area contributed by atoms with E-state index in [9.17, 15) is 0 Å². The number of para-hydroxylation sites is 1. The van der Waals surface area contributed by atoms with Gasteiger partial charge in [-0.05, 0) is 55.4 Å². The first-order valence-electron chi connectivity index (χ1n) is 6.77. The van der Waals surface area contributed by atoms with Crippen LogP contribution < -0.4 is 10.6 Å². The summed E-state index contributed by atoms with van der Waals surface area (Å²) in [6.07, 6.45) is 3.74. The lowest BCUT2D eigenvalue weighted by molar-refractivity contribution is 0.241. The molecule has 2 rings (SSSR count). The van der Waals surface area contributed by atoms with E-state index >= 15 is 0 Å². The maximum Gasteiger partial charge on any atom is 0.170 e. The van der Waals surface area contributed by atoms with E-state index in [0.717, 1.165) is 22.6 Å². The van der Waals surface area contributed by atoms with Crippen molar-refractivity contribution in [3.05, 3.63) is 30.3 Å². The van der Waals surface area contributed by atoms with Gasteiger partial charge >= 0.3 is 0 Å². The van der Waals surface area contributed by atoms with Crippen molar-refractivity contribution in [1.82, 2.24) is 5.32 Å². The topological polar surface area (TPSA) is 24.1 Å². The van der Waals surface area contributed by atoms with Crippen molar-refractivity contribution < 1.29 is 0 Å². The second-order valence-corrected chi connectivity index (χ2v) is 5.84. The Hall–Kier alpha value is -1.09. The number of thiocarbonyl (C=S) groups is 1. The van der Waals surface area contributed by atoms with Gasteiger partial charge in [0.15, 0.2) is 5.11 Å². The molecule has 1 aromatic carbocycles. The Balaban J connectivity index is 1.81. The molecule has 0 saturated heterocycles. The van der Waals surface area contributed by atoms with Crippen molar-refractivity contribution in [3.8, 4) is 0 Å². The molecule has 0 bridgehead atoms. The minimum Gasteiger partial charge on any atom is -0.360 e. The second kappa shape index (κ2) is 6.19. The van der Waals surface area contributed by atoms with Crippen LogP contribution in [0.25, 0.3) is 0 Å². The highest BCUT2D eigenvalue weighted by Crippen LogP contribution is 2.29. The van der Waals surface area contributed by atoms with Gasteiger partial charge < -0.3 is 10.6 Å². The largest absolute Gasteiger partial charge is 0.360 e. The summed E-state index contributed by atoms with van der Waals surface area (Å²) in [5.41, 5.74) is 1.05. The minimum absolute atomic E-state index is 0.528. The van der Waals surface area contributed by atoms with Crippen LogP contribution in [0, 0.1) is 11.8 Å². The maximum absolute atomic E-state index is 5.36. The zero-order valence-corrected chi connectivity index (χ0v) is 12.0. The van der Waals surface area contributed by atoms with Crippen LogP contribution in [0.1, 0.15) is 33.1 Å². The van der Waals surface area contributed by atoms with Crippen LogP contribution in [0.2, 0.25) is 0 Å². The molecule has 1 fully saturated rings. The van der Waals surface area contributed by atoms with E-state index in [-0.39, 0.29) is 0 Å². The molecule has 3 unspecified atom stereocenters. The normalized spacial score (nSPS) is 27.6. The third-order valence-corrected chi connectivity index (χ3v) is 4.18. The molecule has 18 heavy (non-hydrogen) atoms. The SMILES string of the molecule is CC1CCC(NC(=S)Nc2ccccc2)CC1C. The maximum atomic E-state index is 5.36. The van der Waals surface area contributed by atoms with Crippen LogP contribution >= 0.6 is 12.2 Å². The zero-order chi connectivity index (χ0) is 13.0. The van der Waals surface area contributed by atoms with Gasteiger partial charge in [0.25, 0.3) is 0 Å². The van der Waals surface area contributed by atoms with Crippen LogP contribution in [-0.4, -0.2) is 11.2 Å². The number of anilines is 1. The summed E-state index contributed by atoms with van der Waals surface area (Å²) in [5, 5.41) is 7.42. The second-order valence-electron chi connectivity index (χ2n) is 5.43. The first-order chi connectivity index (χ1) is 8.65. The number of nitrogens with one attached hydrogen (secondary N) is 2. The average Bonchev–Trinajstić information content (AvgIpc) is 2.35. The Morgan fingerprint density at radius 3 is 2.50 bits per heavy atom. The molecule has 0 spiro atoms. The Labute approximate surface area is 115 Å². The van der Waals surface area contributed by atoms with Gasteiger partial charge in [-0.25, -0.2) is 0 Å². The number of benzene rings is 1. The Kier molecular flexibility index (Phi) is 4.59. The van der Waals surface area contributed by atoms with Gasteiger partial charge in [0.1, 0.15) is 0 Å². The molecule has 2 nitrogen and oxygen atoms in total. The molecule has 0 aromatic heterocycles. The molecular weight excluding hydrogens is 240 g/mol. The molecule has 3 atom stereocenters. The van der Waals surface area contributed by atoms with Gasteiger partial charge in [0.05, 0.1) is 0 Å². The predicted molar refractivity (Wildman–Crippen MR) is 81.8 cm³/mol. The van der Waals surface area contributed by atoms with Gasteiger partial charge in [0.2, 0.25) is 0 Å². The van der Waals surface area contributed by atoms with Gasteiger partial charge in [-0.2, -0.15) is 0 Å². The fraction of sp³-hybridized carbons (Fsp3) is 0.533. The smallest absolute Gasteiger partial charge is 0.170 e. The van der Waals surface area contributed by atoms with E-state index in [4.69, 9.17) is 12.2 Å². The van der Waals surface area contributed by atoms with E-state index in [2.05, 4.69) is 24.5 Å². The fourth-order valence-electron chi connectivity index (χ4n) is 2.55. The van der Waals surface area contributed by atoms with E-state index in [1.807, 2.05) is 30.3 Å². The van der Waals surface area contributed by atoms with Crippen LogP contribution in [0.5, 0.6) is 0 Å². The number of hydrogen-bond acceptors (Lipinski definition) is 1. The van der Waals surface area contributed by atoms with Gasteiger partial charge in [0, 0.05) is 11.7 Å². The van der Waals surface area contributed by atoms with Gasteiger partial charge in [-0.15, -0.1) is 0 Å². The van der Waals surface area contributed by atoms with Gasteiger partial charge in [-0.1, -0.05) is 32.0 Å². The minimum atomic E-state index is 0.528. The Bertz CT molecular complexity index is 391. The average molecular weight is 262 g/mol. The van der Waals surface area contributed by atoms with Crippen LogP contribution in [0.15, 0.2) is 30.3 Å². The molecule has 3 heteroatoms. The van der Waals surface area contributed by atoms with E-state index in [1.54, 1.807) is 0 Å². The number of rotatable bonds is 2. The van der Waals surface area contributed by atoms with E-state index in [0.29, 0.717) is 6.04 Å². The van der Waals surface area contributed by atoms with Crippen molar-refractivity contribution in [2.45, 2.75) is 39.2 Å². The van der Waals surface area contributed by atoms with E-state index < -0.39 is 0 Å². The molecule has 1 aliphatic carbocycles.